The Kier molecular flexibility index (Phi) is 9.04. The lowest BCUT2D eigenvalue weighted by Gasteiger charge is -2.31. The Hall–Kier alpha value is -2.94. The largest absolute Gasteiger partial charge is 0.369 e. The van der Waals surface area contributed by atoms with E-state index in [0.717, 1.165) is 24.8 Å². The van der Waals surface area contributed by atoms with E-state index >= 15 is 0 Å². The van der Waals surface area contributed by atoms with Gasteiger partial charge in [0, 0.05) is 31.3 Å². The average molecular weight is 472 g/mol. The highest BCUT2D eigenvalue weighted by Gasteiger charge is 2.36. The van der Waals surface area contributed by atoms with E-state index in [9.17, 15) is 19.2 Å². The van der Waals surface area contributed by atoms with Gasteiger partial charge in [-0.25, -0.2) is 0 Å². The van der Waals surface area contributed by atoms with Crippen LogP contribution >= 0.6 is 0 Å². The lowest BCUT2D eigenvalue weighted by atomic mass is 9.82. The number of carbonyl (C=O) groups is 4. The summed E-state index contributed by atoms with van der Waals surface area (Å²) < 4.78 is 0. The summed E-state index contributed by atoms with van der Waals surface area (Å²) in [6.45, 7) is 0.493. The van der Waals surface area contributed by atoms with Crippen molar-refractivity contribution in [1.82, 2.24) is 16.0 Å². The van der Waals surface area contributed by atoms with Gasteiger partial charge >= 0.3 is 0 Å². The van der Waals surface area contributed by atoms with E-state index < -0.39 is 11.6 Å². The van der Waals surface area contributed by atoms with E-state index in [-0.39, 0.29) is 48.6 Å². The standard InChI is InChI=1S/C25H37N5O4/c26-21(31)18-9-10-19(16-18)22(32)30-20(15-17-7-3-1-4-8-17)23(33)28-13-14-29-24(34)25(27)11-5-2-6-12-25/h1,3-4,7-8,18-20H,2,5-6,9-16,27H2,(H2,26,31)(H,28,33)(H,29,34)(H,30,32)/t18?,19?,20-/m1/s1. The zero-order chi connectivity index (χ0) is 24.6. The van der Waals surface area contributed by atoms with Gasteiger partial charge in [-0.3, -0.25) is 19.2 Å². The number of benzene rings is 1. The molecule has 4 amide bonds. The average Bonchev–Trinajstić information content (AvgIpc) is 3.33. The zero-order valence-electron chi connectivity index (χ0n) is 19.7. The second-order valence-corrected chi connectivity index (χ2v) is 9.62. The van der Waals surface area contributed by atoms with Crippen LogP contribution in [0.5, 0.6) is 0 Å². The number of primary amides is 1. The Bertz CT molecular complexity index is 869. The van der Waals surface area contributed by atoms with E-state index in [4.69, 9.17) is 11.5 Å². The highest BCUT2D eigenvalue weighted by molar-refractivity contribution is 5.89. The van der Waals surface area contributed by atoms with Crippen LogP contribution in [0.2, 0.25) is 0 Å². The lowest BCUT2D eigenvalue weighted by Crippen LogP contribution is -2.56. The fourth-order valence-electron chi connectivity index (χ4n) is 4.90. The van der Waals surface area contributed by atoms with Crippen molar-refractivity contribution in [2.75, 3.05) is 13.1 Å². The van der Waals surface area contributed by atoms with Crippen molar-refractivity contribution in [3.63, 3.8) is 0 Å². The molecular weight excluding hydrogens is 434 g/mol. The third-order valence-electron chi connectivity index (χ3n) is 7.03. The number of hydrogen-bond donors (Lipinski definition) is 5. The predicted molar refractivity (Wildman–Crippen MR) is 128 cm³/mol. The summed E-state index contributed by atoms with van der Waals surface area (Å²) in [7, 11) is 0. The summed E-state index contributed by atoms with van der Waals surface area (Å²) in [4.78, 5) is 49.7. The van der Waals surface area contributed by atoms with Crippen molar-refractivity contribution in [2.45, 2.75) is 69.4 Å². The van der Waals surface area contributed by atoms with Gasteiger partial charge in [-0.05, 0) is 37.7 Å². The lowest BCUT2D eigenvalue weighted by molar-refractivity contribution is -0.131. The van der Waals surface area contributed by atoms with Gasteiger partial charge in [0.15, 0.2) is 0 Å². The van der Waals surface area contributed by atoms with Crippen LogP contribution in [0.3, 0.4) is 0 Å². The molecular formula is C25H37N5O4. The summed E-state index contributed by atoms with van der Waals surface area (Å²) in [6.07, 6.45) is 6.25. The van der Waals surface area contributed by atoms with Crippen LogP contribution in [0.4, 0.5) is 0 Å². The maximum absolute atomic E-state index is 12.9. The van der Waals surface area contributed by atoms with E-state index in [1.54, 1.807) is 0 Å². The number of amides is 4. The highest BCUT2D eigenvalue weighted by Crippen LogP contribution is 2.31. The minimum absolute atomic E-state index is 0.180. The second-order valence-electron chi connectivity index (χ2n) is 9.62. The summed E-state index contributed by atoms with van der Waals surface area (Å²) in [5.41, 5.74) is 11.7. The van der Waals surface area contributed by atoms with Crippen LogP contribution in [0.15, 0.2) is 30.3 Å². The van der Waals surface area contributed by atoms with Crippen molar-refractivity contribution in [1.29, 1.82) is 0 Å². The quantitative estimate of drug-likeness (QED) is 0.314. The molecule has 0 bridgehead atoms. The molecule has 9 nitrogen and oxygen atoms in total. The topological polar surface area (TPSA) is 156 Å². The summed E-state index contributed by atoms with van der Waals surface area (Å²) in [5.74, 6) is -1.76. The first-order chi connectivity index (χ1) is 16.3. The molecule has 2 saturated carbocycles. The first-order valence-electron chi connectivity index (χ1n) is 12.3. The maximum atomic E-state index is 12.9. The number of hydrogen-bond acceptors (Lipinski definition) is 5. The van der Waals surface area contributed by atoms with Crippen LogP contribution in [0, 0.1) is 11.8 Å². The molecule has 0 radical (unpaired) electrons. The molecule has 0 spiro atoms. The third-order valence-corrected chi connectivity index (χ3v) is 7.03. The molecule has 1 aromatic carbocycles. The molecule has 0 aromatic heterocycles. The van der Waals surface area contributed by atoms with Crippen LogP contribution in [0.25, 0.3) is 0 Å². The fourth-order valence-corrected chi connectivity index (χ4v) is 4.90. The van der Waals surface area contributed by atoms with Crippen LogP contribution < -0.4 is 27.4 Å². The monoisotopic (exact) mass is 471 g/mol. The van der Waals surface area contributed by atoms with Crippen molar-refractivity contribution < 1.29 is 19.2 Å². The maximum Gasteiger partial charge on any atom is 0.242 e. The van der Waals surface area contributed by atoms with Gasteiger partial charge in [0.1, 0.15) is 6.04 Å². The molecule has 9 heteroatoms. The summed E-state index contributed by atoms with van der Waals surface area (Å²) >= 11 is 0. The van der Waals surface area contributed by atoms with Gasteiger partial charge in [-0.2, -0.15) is 0 Å². The van der Waals surface area contributed by atoms with Crippen molar-refractivity contribution in [3.05, 3.63) is 35.9 Å². The van der Waals surface area contributed by atoms with Crippen LogP contribution in [-0.4, -0.2) is 48.3 Å². The molecule has 0 aliphatic heterocycles. The Morgan fingerprint density at radius 1 is 0.941 bits per heavy atom. The molecule has 2 aliphatic carbocycles. The summed E-state index contributed by atoms with van der Waals surface area (Å²) in [6, 6.07) is 8.68. The van der Waals surface area contributed by atoms with Gasteiger partial charge in [0.2, 0.25) is 23.6 Å². The first-order valence-corrected chi connectivity index (χ1v) is 12.3. The normalized spacial score (nSPS) is 22.4. The first kappa shape index (κ1) is 25.7. The van der Waals surface area contributed by atoms with Crippen molar-refractivity contribution in [3.8, 4) is 0 Å². The second kappa shape index (κ2) is 12.0. The molecule has 186 valence electrons. The Morgan fingerprint density at radius 3 is 2.24 bits per heavy atom. The van der Waals surface area contributed by atoms with Crippen LogP contribution in [-0.2, 0) is 25.6 Å². The molecule has 3 atom stereocenters. The minimum atomic E-state index is -0.823. The molecule has 2 unspecified atom stereocenters. The third kappa shape index (κ3) is 7.03. The number of rotatable bonds is 10. The predicted octanol–water partition coefficient (Wildman–Crippen LogP) is 0.510. The molecule has 0 saturated heterocycles. The number of nitrogens with one attached hydrogen (secondary N) is 3. The Labute approximate surface area is 200 Å². The van der Waals surface area contributed by atoms with E-state index in [2.05, 4.69) is 16.0 Å². The molecule has 3 rings (SSSR count). The van der Waals surface area contributed by atoms with E-state index in [1.165, 1.54) is 0 Å². The molecule has 2 aliphatic rings. The van der Waals surface area contributed by atoms with E-state index in [1.807, 2.05) is 30.3 Å². The highest BCUT2D eigenvalue weighted by atomic mass is 16.2. The van der Waals surface area contributed by atoms with Gasteiger partial charge in [0.05, 0.1) is 5.54 Å². The number of nitrogens with two attached hydrogens (primary N) is 2. The van der Waals surface area contributed by atoms with Gasteiger partial charge in [0.25, 0.3) is 0 Å². The van der Waals surface area contributed by atoms with Gasteiger partial charge in [-0.1, -0.05) is 49.6 Å². The summed E-state index contributed by atoms with van der Waals surface area (Å²) in [5, 5.41) is 8.51. The zero-order valence-corrected chi connectivity index (χ0v) is 19.7. The number of carbonyl (C=O) groups excluding carboxylic acids is 4. The van der Waals surface area contributed by atoms with Crippen molar-refractivity contribution in [2.24, 2.45) is 23.3 Å². The Morgan fingerprint density at radius 2 is 1.59 bits per heavy atom. The molecule has 2 fully saturated rings. The van der Waals surface area contributed by atoms with Crippen molar-refractivity contribution >= 4 is 23.6 Å². The van der Waals surface area contributed by atoms with E-state index in [0.29, 0.717) is 38.5 Å². The van der Waals surface area contributed by atoms with Gasteiger partial charge in [-0.15, -0.1) is 0 Å². The molecule has 7 N–H and O–H groups in total. The fraction of sp³-hybridized carbons (Fsp3) is 0.600. The molecule has 0 heterocycles. The SMILES string of the molecule is NC(=O)C1CCC(C(=O)N[C@H](Cc2ccccc2)C(=O)NCCNC(=O)C2(N)CCCCC2)C1. The smallest absolute Gasteiger partial charge is 0.242 e. The minimum Gasteiger partial charge on any atom is -0.369 e. The molecule has 1 aromatic rings. The Balaban J connectivity index is 1.52. The van der Waals surface area contributed by atoms with Gasteiger partial charge < -0.3 is 27.4 Å². The van der Waals surface area contributed by atoms with Crippen LogP contribution in [0.1, 0.15) is 56.9 Å². The molecule has 34 heavy (non-hydrogen) atoms.